The highest BCUT2D eigenvalue weighted by Crippen LogP contribution is 2.40. The van der Waals surface area contributed by atoms with Crippen LogP contribution in [-0.4, -0.2) is 36.7 Å². The monoisotopic (exact) mass is 473 g/mol. The fourth-order valence-electron chi connectivity index (χ4n) is 3.70. The Kier molecular flexibility index (Phi) is 8.13. The number of esters is 2. The van der Waals surface area contributed by atoms with Gasteiger partial charge in [-0.3, -0.25) is 4.79 Å². The maximum atomic E-state index is 12.9. The highest BCUT2D eigenvalue weighted by molar-refractivity contribution is 7.17. The van der Waals surface area contributed by atoms with Gasteiger partial charge in [0.1, 0.15) is 10.8 Å². The summed E-state index contributed by atoms with van der Waals surface area (Å²) in [6.45, 7) is 9.40. The molecule has 3 rings (SSSR count). The molecule has 1 aliphatic carbocycles. The van der Waals surface area contributed by atoms with Crippen LogP contribution < -0.4 is 10.1 Å². The van der Waals surface area contributed by atoms with E-state index in [0.29, 0.717) is 27.8 Å². The molecule has 0 saturated heterocycles. The van der Waals surface area contributed by atoms with Gasteiger partial charge < -0.3 is 19.5 Å². The van der Waals surface area contributed by atoms with E-state index in [-0.39, 0.29) is 18.6 Å². The van der Waals surface area contributed by atoms with Crippen LogP contribution in [0.5, 0.6) is 5.75 Å². The molecule has 2 aromatic rings. The Balaban J connectivity index is 1.73. The van der Waals surface area contributed by atoms with Crippen LogP contribution in [0.25, 0.3) is 0 Å². The quantitative estimate of drug-likeness (QED) is 0.541. The molecule has 1 aromatic carbocycles. The molecule has 0 unspecified atom stereocenters. The van der Waals surface area contributed by atoms with E-state index in [9.17, 15) is 14.4 Å². The van der Waals surface area contributed by atoms with Crippen molar-refractivity contribution in [3.63, 3.8) is 0 Å². The molecule has 1 amide bonds. The van der Waals surface area contributed by atoms with Crippen LogP contribution >= 0.6 is 11.3 Å². The van der Waals surface area contributed by atoms with Gasteiger partial charge in [0.25, 0.3) is 5.91 Å². The summed E-state index contributed by atoms with van der Waals surface area (Å²) in [6.07, 6.45) is 1.72. The minimum Gasteiger partial charge on any atom is -0.479 e. The first-order valence-corrected chi connectivity index (χ1v) is 12.1. The zero-order valence-corrected chi connectivity index (χ0v) is 20.5. The predicted octanol–water partition coefficient (Wildman–Crippen LogP) is 5.02. The maximum Gasteiger partial charge on any atom is 0.347 e. The van der Waals surface area contributed by atoms with Crippen molar-refractivity contribution in [1.29, 1.82) is 0 Å². The molecule has 1 N–H and O–H groups in total. The van der Waals surface area contributed by atoms with Gasteiger partial charge in [-0.2, -0.15) is 0 Å². The molecule has 1 heterocycles. The van der Waals surface area contributed by atoms with E-state index in [2.05, 4.69) is 12.2 Å². The Morgan fingerprint density at radius 3 is 2.48 bits per heavy atom. The van der Waals surface area contributed by atoms with Gasteiger partial charge in [-0.25, -0.2) is 9.59 Å². The molecule has 0 spiro atoms. The summed E-state index contributed by atoms with van der Waals surface area (Å²) in [5, 5.41) is 3.43. The Hall–Kier alpha value is -2.87. The zero-order valence-electron chi connectivity index (χ0n) is 19.7. The minimum atomic E-state index is -0.765. The number of anilines is 1. The Labute approximate surface area is 198 Å². The molecule has 8 heteroatoms. The van der Waals surface area contributed by atoms with Crippen molar-refractivity contribution in [3.8, 4) is 5.75 Å². The highest BCUT2D eigenvalue weighted by Gasteiger charge is 2.29. The number of carbonyl (C=O) groups excluding carboxylic acids is 3. The Morgan fingerprint density at radius 2 is 1.85 bits per heavy atom. The number of thiophene rings is 1. The van der Waals surface area contributed by atoms with E-state index in [1.54, 1.807) is 52.0 Å². The lowest BCUT2D eigenvalue weighted by Gasteiger charge is -2.18. The van der Waals surface area contributed by atoms with Crippen LogP contribution in [0.2, 0.25) is 0 Å². The lowest BCUT2D eigenvalue weighted by molar-refractivity contribution is -0.154. The molecular weight excluding hydrogens is 442 g/mol. The SMILES string of the molecule is CCOC(=O)c1c(NC(=O)c2ccc(O[C@H](C)C(=O)OC(C)C)cc2)sc2c1CC[C@@H](C)C2. The zero-order chi connectivity index (χ0) is 24.1. The molecule has 0 aliphatic heterocycles. The first-order chi connectivity index (χ1) is 15.7. The molecule has 178 valence electrons. The first kappa shape index (κ1) is 24.8. The number of hydrogen-bond acceptors (Lipinski definition) is 7. The molecule has 0 fully saturated rings. The third-order valence-corrected chi connectivity index (χ3v) is 6.50. The smallest absolute Gasteiger partial charge is 0.347 e. The molecule has 0 radical (unpaired) electrons. The summed E-state index contributed by atoms with van der Waals surface area (Å²) < 4.78 is 16.0. The third-order valence-electron chi connectivity index (χ3n) is 5.33. The van der Waals surface area contributed by atoms with Gasteiger partial charge in [-0.1, -0.05) is 6.92 Å². The number of rotatable bonds is 8. The van der Waals surface area contributed by atoms with Crippen LogP contribution in [0.4, 0.5) is 5.00 Å². The van der Waals surface area contributed by atoms with Crippen LogP contribution in [0, 0.1) is 5.92 Å². The van der Waals surface area contributed by atoms with Crippen molar-refractivity contribution < 1.29 is 28.6 Å². The van der Waals surface area contributed by atoms with Crippen molar-refractivity contribution in [2.24, 2.45) is 5.92 Å². The van der Waals surface area contributed by atoms with Gasteiger partial charge in [0, 0.05) is 10.4 Å². The van der Waals surface area contributed by atoms with E-state index in [1.165, 1.54) is 11.3 Å². The molecule has 1 aliphatic rings. The number of amides is 1. The molecular formula is C25H31NO6S. The number of nitrogens with one attached hydrogen (secondary N) is 1. The largest absolute Gasteiger partial charge is 0.479 e. The summed E-state index contributed by atoms with van der Waals surface area (Å²) in [4.78, 5) is 38.6. The summed E-state index contributed by atoms with van der Waals surface area (Å²) in [6, 6.07) is 6.48. The van der Waals surface area contributed by atoms with Gasteiger partial charge in [-0.15, -0.1) is 11.3 Å². The summed E-state index contributed by atoms with van der Waals surface area (Å²) in [7, 11) is 0. The second-order valence-electron chi connectivity index (χ2n) is 8.50. The average molecular weight is 474 g/mol. The van der Waals surface area contributed by atoms with Crippen LogP contribution in [-0.2, 0) is 27.1 Å². The second kappa shape index (κ2) is 10.8. The second-order valence-corrected chi connectivity index (χ2v) is 9.61. The fraction of sp³-hybridized carbons (Fsp3) is 0.480. The van der Waals surface area contributed by atoms with E-state index >= 15 is 0 Å². The van der Waals surface area contributed by atoms with Crippen molar-refractivity contribution in [1.82, 2.24) is 0 Å². The van der Waals surface area contributed by atoms with E-state index in [0.717, 1.165) is 29.7 Å². The summed E-state index contributed by atoms with van der Waals surface area (Å²) >= 11 is 1.45. The molecule has 1 aromatic heterocycles. The van der Waals surface area contributed by atoms with Crippen molar-refractivity contribution in [3.05, 3.63) is 45.8 Å². The molecule has 2 atom stereocenters. The summed E-state index contributed by atoms with van der Waals surface area (Å²) in [5.74, 6) is -0.179. The lowest BCUT2D eigenvalue weighted by Crippen LogP contribution is -2.28. The van der Waals surface area contributed by atoms with Crippen molar-refractivity contribution in [2.45, 2.75) is 66.1 Å². The maximum absolute atomic E-state index is 12.9. The first-order valence-electron chi connectivity index (χ1n) is 11.3. The van der Waals surface area contributed by atoms with Crippen molar-refractivity contribution >= 4 is 34.2 Å². The Bertz CT molecular complexity index is 1010. The molecule has 7 nitrogen and oxygen atoms in total. The van der Waals surface area contributed by atoms with Crippen LogP contribution in [0.15, 0.2) is 24.3 Å². The molecule has 33 heavy (non-hydrogen) atoms. The van der Waals surface area contributed by atoms with Gasteiger partial charge in [-0.05, 0) is 82.7 Å². The third kappa shape index (κ3) is 6.13. The lowest BCUT2D eigenvalue weighted by atomic mass is 9.88. The van der Waals surface area contributed by atoms with Crippen LogP contribution in [0.1, 0.15) is 72.2 Å². The predicted molar refractivity (Wildman–Crippen MR) is 127 cm³/mol. The number of benzene rings is 1. The molecule has 0 saturated carbocycles. The fourth-order valence-corrected chi connectivity index (χ4v) is 5.09. The average Bonchev–Trinajstić information content (AvgIpc) is 3.10. The van der Waals surface area contributed by atoms with Crippen molar-refractivity contribution in [2.75, 3.05) is 11.9 Å². The highest BCUT2D eigenvalue weighted by atomic mass is 32.1. The van der Waals surface area contributed by atoms with Gasteiger partial charge in [0.2, 0.25) is 0 Å². The normalized spacial score (nSPS) is 16.0. The number of ether oxygens (including phenoxy) is 3. The number of fused-ring (bicyclic) bond motifs is 1. The minimum absolute atomic E-state index is 0.222. The number of hydrogen-bond donors (Lipinski definition) is 1. The standard InChI is InChI=1S/C25H31NO6S/c1-6-30-25(29)21-19-12-7-15(4)13-20(19)33-23(21)26-22(27)17-8-10-18(11-9-17)32-16(5)24(28)31-14(2)3/h8-11,14-16H,6-7,12-13H2,1-5H3,(H,26,27)/t15-,16-/m1/s1. The van der Waals surface area contributed by atoms with Gasteiger partial charge in [0.15, 0.2) is 6.10 Å². The van der Waals surface area contributed by atoms with E-state index in [1.807, 2.05) is 0 Å². The van der Waals surface area contributed by atoms with Crippen LogP contribution in [0.3, 0.4) is 0 Å². The van der Waals surface area contributed by atoms with E-state index < -0.39 is 18.0 Å². The van der Waals surface area contributed by atoms with Gasteiger partial charge in [0.05, 0.1) is 18.3 Å². The summed E-state index contributed by atoms with van der Waals surface area (Å²) in [5.41, 5.74) is 1.89. The molecule has 0 bridgehead atoms. The number of carbonyl (C=O) groups is 3. The Morgan fingerprint density at radius 1 is 1.15 bits per heavy atom. The van der Waals surface area contributed by atoms with Gasteiger partial charge >= 0.3 is 11.9 Å². The topological polar surface area (TPSA) is 90.9 Å². The van der Waals surface area contributed by atoms with E-state index in [4.69, 9.17) is 14.2 Å².